The largest absolute Gasteiger partial charge is 0.493 e. The van der Waals surface area contributed by atoms with Gasteiger partial charge in [-0.05, 0) is 66.9 Å². The fourth-order valence-electron chi connectivity index (χ4n) is 3.91. The molecule has 3 aromatic rings. The highest BCUT2D eigenvalue weighted by atomic mass is 16.5. The summed E-state index contributed by atoms with van der Waals surface area (Å²) in [6.45, 7) is 6.60. The molecule has 1 aliphatic heterocycles. The second-order valence-electron chi connectivity index (χ2n) is 8.29. The van der Waals surface area contributed by atoms with Crippen molar-refractivity contribution in [2.75, 3.05) is 31.9 Å². The van der Waals surface area contributed by atoms with Crippen molar-refractivity contribution in [2.45, 2.75) is 13.3 Å². The van der Waals surface area contributed by atoms with Gasteiger partial charge in [0.15, 0.2) is 23.0 Å². The molecule has 0 unspecified atom stereocenters. The molecule has 0 saturated carbocycles. The number of carbonyl (C=O) groups excluding carboxylic acids is 2. The molecule has 8 nitrogen and oxygen atoms in total. The number of nitrogens with one attached hydrogen (secondary N) is 1. The number of anilines is 1. The minimum absolute atomic E-state index is 0.0337. The van der Waals surface area contributed by atoms with E-state index in [1.807, 2.05) is 37.3 Å². The molecule has 0 radical (unpaired) electrons. The molecule has 0 aromatic heterocycles. The van der Waals surface area contributed by atoms with Crippen molar-refractivity contribution in [2.24, 2.45) is 0 Å². The first-order valence-corrected chi connectivity index (χ1v) is 12.3. The molecule has 1 N–H and O–H groups in total. The van der Waals surface area contributed by atoms with Crippen molar-refractivity contribution in [1.82, 2.24) is 5.43 Å². The minimum atomic E-state index is -0.470. The van der Waals surface area contributed by atoms with Gasteiger partial charge in [-0.25, -0.2) is 5.01 Å². The number of carbonyl (C=O) groups is 2. The highest BCUT2D eigenvalue weighted by molar-refractivity contribution is 6.31. The van der Waals surface area contributed by atoms with Gasteiger partial charge in [0, 0.05) is 0 Å². The van der Waals surface area contributed by atoms with E-state index >= 15 is 0 Å². The zero-order valence-corrected chi connectivity index (χ0v) is 21.4. The van der Waals surface area contributed by atoms with Gasteiger partial charge in [0.25, 0.3) is 11.8 Å². The summed E-state index contributed by atoms with van der Waals surface area (Å²) < 4.78 is 23.0. The lowest BCUT2D eigenvalue weighted by Crippen LogP contribution is -2.35. The summed E-state index contributed by atoms with van der Waals surface area (Å²) in [4.78, 5) is 25.4. The number of hydrogen-bond acceptors (Lipinski definition) is 6. The van der Waals surface area contributed by atoms with Crippen LogP contribution >= 0.6 is 0 Å². The first-order valence-electron chi connectivity index (χ1n) is 12.3. The molecule has 1 saturated heterocycles. The molecule has 1 fully saturated rings. The number of nitrogens with zero attached hydrogens (tertiary/aromatic N) is 1. The molecule has 196 valence electrons. The van der Waals surface area contributed by atoms with Crippen LogP contribution in [0.1, 0.15) is 18.1 Å². The zero-order valence-electron chi connectivity index (χ0n) is 21.4. The smallest absolute Gasteiger partial charge is 0.282 e. The third-order valence-electron chi connectivity index (χ3n) is 5.69. The normalized spacial score (nSPS) is 13.8. The average Bonchev–Trinajstić information content (AvgIpc) is 3.21. The van der Waals surface area contributed by atoms with E-state index in [1.54, 1.807) is 49.6 Å². The van der Waals surface area contributed by atoms with Crippen LogP contribution in [0.4, 0.5) is 5.69 Å². The van der Waals surface area contributed by atoms with Crippen LogP contribution < -0.4 is 29.4 Å². The third-order valence-corrected chi connectivity index (χ3v) is 5.69. The number of rotatable bonds is 12. The molecule has 4 rings (SSSR count). The maximum Gasteiger partial charge on any atom is 0.282 e. The Hall–Kier alpha value is -4.72. The SMILES string of the molecule is C=CCc1ccc(OCCOc2ccc(/C=C3\C(=O)NN(c4ccccc4)C3=O)cc2OCC)c(OC)c1. The lowest BCUT2D eigenvalue weighted by molar-refractivity contribution is -0.117. The van der Waals surface area contributed by atoms with Gasteiger partial charge in [0.2, 0.25) is 0 Å². The molecular weight excluding hydrogens is 484 g/mol. The van der Waals surface area contributed by atoms with Gasteiger partial charge in [-0.15, -0.1) is 6.58 Å². The molecule has 0 spiro atoms. The number of hydrazine groups is 1. The van der Waals surface area contributed by atoms with Crippen LogP contribution in [0.3, 0.4) is 0 Å². The molecule has 38 heavy (non-hydrogen) atoms. The highest BCUT2D eigenvalue weighted by Gasteiger charge is 2.34. The van der Waals surface area contributed by atoms with Gasteiger partial charge in [0.1, 0.15) is 18.8 Å². The van der Waals surface area contributed by atoms with E-state index in [4.69, 9.17) is 18.9 Å². The lowest BCUT2D eigenvalue weighted by atomic mass is 10.1. The topological polar surface area (TPSA) is 86.3 Å². The monoisotopic (exact) mass is 514 g/mol. The molecule has 8 heteroatoms. The second-order valence-corrected chi connectivity index (χ2v) is 8.29. The van der Waals surface area contributed by atoms with Crippen molar-refractivity contribution in [3.05, 3.63) is 96.1 Å². The van der Waals surface area contributed by atoms with Gasteiger partial charge in [-0.1, -0.05) is 36.4 Å². The Labute approximate surface area is 222 Å². The summed E-state index contributed by atoms with van der Waals surface area (Å²) >= 11 is 0. The van der Waals surface area contributed by atoms with Crippen molar-refractivity contribution in [3.8, 4) is 23.0 Å². The van der Waals surface area contributed by atoms with Crippen LogP contribution in [0.2, 0.25) is 0 Å². The van der Waals surface area contributed by atoms with Crippen LogP contribution in [0.5, 0.6) is 23.0 Å². The number of para-hydroxylation sites is 1. The number of benzene rings is 3. The predicted molar refractivity (Wildman–Crippen MR) is 146 cm³/mol. The number of ether oxygens (including phenoxy) is 4. The van der Waals surface area contributed by atoms with E-state index in [-0.39, 0.29) is 12.2 Å². The Bertz CT molecular complexity index is 1340. The van der Waals surface area contributed by atoms with Crippen molar-refractivity contribution < 1.29 is 28.5 Å². The Morgan fingerprint density at radius 2 is 1.58 bits per heavy atom. The molecule has 0 aliphatic carbocycles. The van der Waals surface area contributed by atoms with Crippen molar-refractivity contribution in [3.63, 3.8) is 0 Å². The van der Waals surface area contributed by atoms with Gasteiger partial charge < -0.3 is 18.9 Å². The first-order chi connectivity index (χ1) is 18.5. The van der Waals surface area contributed by atoms with E-state index in [0.29, 0.717) is 47.5 Å². The summed E-state index contributed by atoms with van der Waals surface area (Å²) in [5, 5.41) is 1.23. The van der Waals surface area contributed by atoms with E-state index in [0.717, 1.165) is 12.0 Å². The van der Waals surface area contributed by atoms with Gasteiger partial charge >= 0.3 is 0 Å². The number of allylic oxidation sites excluding steroid dienone is 1. The van der Waals surface area contributed by atoms with E-state index in [9.17, 15) is 9.59 Å². The Kier molecular flexibility index (Phi) is 8.66. The fourth-order valence-corrected chi connectivity index (χ4v) is 3.91. The summed E-state index contributed by atoms with van der Waals surface area (Å²) in [7, 11) is 1.60. The predicted octanol–water partition coefficient (Wildman–Crippen LogP) is 4.74. The van der Waals surface area contributed by atoms with Gasteiger partial charge in [-0.2, -0.15) is 0 Å². The maximum atomic E-state index is 12.9. The molecule has 0 bridgehead atoms. The molecular formula is C30H30N2O6. The minimum Gasteiger partial charge on any atom is -0.493 e. The molecule has 2 amide bonds. The lowest BCUT2D eigenvalue weighted by Gasteiger charge is -2.15. The molecule has 1 heterocycles. The average molecular weight is 515 g/mol. The number of amides is 2. The van der Waals surface area contributed by atoms with Gasteiger partial charge in [-0.3, -0.25) is 15.0 Å². The van der Waals surface area contributed by atoms with Crippen LogP contribution in [0.25, 0.3) is 6.08 Å². The van der Waals surface area contributed by atoms with Crippen molar-refractivity contribution >= 4 is 23.6 Å². The highest BCUT2D eigenvalue weighted by Crippen LogP contribution is 2.31. The first kappa shape index (κ1) is 26.3. The second kappa shape index (κ2) is 12.5. The Morgan fingerprint density at radius 3 is 2.26 bits per heavy atom. The molecule has 0 atom stereocenters. The quantitative estimate of drug-likeness (QED) is 0.163. The molecule has 1 aliphatic rings. The van der Waals surface area contributed by atoms with Crippen LogP contribution in [-0.2, 0) is 16.0 Å². The van der Waals surface area contributed by atoms with Crippen molar-refractivity contribution in [1.29, 1.82) is 0 Å². The van der Waals surface area contributed by atoms with Gasteiger partial charge in [0.05, 0.1) is 19.4 Å². The summed E-state index contributed by atoms with van der Waals surface area (Å²) in [6, 6.07) is 19.9. The number of methoxy groups -OCH3 is 1. The zero-order chi connectivity index (χ0) is 26.9. The number of hydrogen-bond donors (Lipinski definition) is 1. The maximum absolute atomic E-state index is 12.9. The van der Waals surface area contributed by atoms with E-state index in [1.165, 1.54) is 11.1 Å². The Morgan fingerprint density at radius 1 is 0.868 bits per heavy atom. The molecule has 3 aromatic carbocycles. The van der Waals surface area contributed by atoms with Crippen LogP contribution in [0.15, 0.2) is 85.0 Å². The summed E-state index contributed by atoms with van der Waals surface area (Å²) in [6.07, 6.45) is 4.12. The van der Waals surface area contributed by atoms with E-state index < -0.39 is 11.8 Å². The van der Waals surface area contributed by atoms with Crippen LogP contribution in [0, 0.1) is 0 Å². The Balaban J connectivity index is 1.42. The standard InChI is InChI=1S/C30H30N2O6/c1-4-9-21-12-14-25(27(19-21)35-3)37-16-17-38-26-15-13-22(20-28(26)36-5-2)18-24-29(33)31-32(30(24)34)23-10-7-6-8-11-23/h4,6-8,10-15,18-20H,1,5,9,16-17H2,2-3H3,(H,31,33)/b24-18+. The van der Waals surface area contributed by atoms with E-state index in [2.05, 4.69) is 12.0 Å². The van der Waals surface area contributed by atoms with Crippen LogP contribution in [-0.4, -0.2) is 38.7 Å². The fraction of sp³-hybridized carbons (Fsp3) is 0.200. The summed E-state index contributed by atoms with van der Waals surface area (Å²) in [5.41, 5.74) is 4.94. The third kappa shape index (κ3) is 6.15. The summed E-state index contributed by atoms with van der Waals surface area (Å²) in [5.74, 6) is 1.40.